The molecule has 0 bridgehead atoms. The van der Waals surface area contributed by atoms with Crippen LogP contribution < -0.4 is 11.1 Å². The van der Waals surface area contributed by atoms with E-state index in [0.717, 1.165) is 17.7 Å². The van der Waals surface area contributed by atoms with Gasteiger partial charge in [0.15, 0.2) is 0 Å². The summed E-state index contributed by atoms with van der Waals surface area (Å²) in [6, 6.07) is 4.98. The van der Waals surface area contributed by atoms with E-state index in [4.69, 9.17) is 5.73 Å². The molecule has 0 saturated carbocycles. The van der Waals surface area contributed by atoms with E-state index in [1.807, 2.05) is 6.07 Å². The molecule has 3 N–H and O–H groups in total. The van der Waals surface area contributed by atoms with Gasteiger partial charge in [-0.3, -0.25) is 4.79 Å². The summed E-state index contributed by atoms with van der Waals surface area (Å²) in [4.78, 5) is 12.4. The summed E-state index contributed by atoms with van der Waals surface area (Å²) in [5.74, 6) is 0.626. The number of carbonyl (C=O) groups is 1. The lowest BCUT2D eigenvalue weighted by atomic mass is 10.0. The Bertz CT molecular complexity index is 439. The SMILES string of the molecule is NCCCC(=O)NC1CCSc2c(F)cccc21. The maximum atomic E-state index is 13.6. The van der Waals surface area contributed by atoms with E-state index in [1.165, 1.54) is 17.8 Å². The molecule has 3 nitrogen and oxygen atoms in total. The normalized spacial score (nSPS) is 18.2. The molecule has 0 radical (unpaired) electrons. The zero-order valence-electron chi connectivity index (χ0n) is 10.1. The van der Waals surface area contributed by atoms with Gasteiger partial charge in [0, 0.05) is 17.1 Å². The third kappa shape index (κ3) is 3.03. The summed E-state index contributed by atoms with van der Waals surface area (Å²) < 4.78 is 13.6. The van der Waals surface area contributed by atoms with Crippen LogP contribution in [0.4, 0.5) is 4.39 Å². The highest BCUT2D eigenvalue weighted by atomic mass is 32.2. The predicted octanol–water partition coefficient (Wildman–Crippen LogP) is 2.22. The molecular weight excluding hydrogens is 251 g/mol. The highest BCUT2D eigenvalue weighted by Gasteiger charge is 2.24. The second-order valence-electron chi connectivity index (χ2n) is 4.31. The van der Waals surface area contributed by atoms with Crippen LogP contribution in [0.5, 0.6) is 0 Å². The lowest BCUT2D eigenvalue weighted by Gasteiger charge is -2.26. The molecule has 1 aromatic carbocycles. The Morgan fingerprint density at radius 3 is 3.17 bits per heavy atom. The fraction of sp³-hybridized carbons (Fsp3) is 0.462. The minimum atomic E-state index is -0.196. The van der Waals surface area contributed by atoms with Gasteiger partial charge < -0.3 is 11.1 Å². The van der Waals surface area contributed by atoms with Crippen LogP contribution in [0.15, 0.2) is 23.1 Å². The number of fused-ring (bicyclic) bond motifs is 1. The van der Waals surface area contributed by atoms with Crippen molar-refractivity contribution in [1.82, 2.24) is 5.32 Å². The Hall–Kier alpha value is -1.07. The summed E-state index contributed by atoms with van der Waals surface area (Å²) in [5, 5.41) is 2.96. The van der Waals surface area contributed by atoms with E-state index in [1.54, 1.807) is 6.07 Å². The minimum Gasteiger partial charge on any atom is -0.349 e. The van der Waals surface area contributed by atoms with Gasteiger partial charge in [-0.15, -0.1) is 11.8 Å². The first-order valence-corrected chi connectivity index (χ1v) is 7.11. The van der Waals surface area contributed by atoms with Crippen LogP contribution in [0.1, 0.15) is 30.9 Å². The predicted molar refractivity (Wildman–Crippen MR) is 70.9 cm³/mol. The Morgan fingerprint density at radius 2 is 2.39 bits per heavy atom. The first kappa shape index (κ1) is 13.4. The number of carbonyl (C=O) groups excluding carboxylic acids is 1. The van der Waals surface area contributed by atoms with E-state index >= 15 is 0 Å². The molecule has 1 aliphatic heterocycles. The number of hydrogen-bond donors (Lipinski definition) is 2. The lowest BCUT2D eigenvalue weighted by molar-refractivity contribution is -0.121. The maximum Gasteiger partial charge on any atom is 0.220 e. The van der Waals surface area contributed by atoms with Crippen molar-refractivity contribution in [2.45, 2.75) is 30.2 Å². The Kier molecular flexibility index (Phi) is 4.60. The van der Waals surface area contributed by atoms with Crippen LogP contribution in [0, 0.1) is 5.82 Å². The van der Waals surface area contributed by atoms with E-state index in [-0.39, 0.29) is 17.8 Å². The largest absolute Gasteiger partial charge is 0.349 e. The zero-order chi connectivity index (χ0) is 13.0. The molecule has 1 atom stereocenters. The van der Waals surface area contributed by atoms with Crippen LogP contribution in [-0.4, -0.2) is 18.2 Å². The van der Waals surface area contributed by atoms with E-state index in [9.17, 15) is 9.18 Å². The molecule has 1 aliphatic rings. The van der Waals surface area contributed by atoms with Gasteiger partial charge in [-0.05, 0) is 31.0 Å². The quantitative estimate of drug-likeness (QED) is 0.880. The summed E-state index contributed by atoms with van der Waals surface area (Å²) in [6.45, 7) is 0.513. The van der Waals surface area contributed by atoms with Crippen LogP contribution in [0.3, 0.4) is 0 Å². The number of benzene rings is 1. The van der Waals surface area contributed by atoms with Crippen LogP contribution in [0.2, 0.25) is 0 Å². The maximum absolute atomic E-state index is 13.6. The number of nitrogens with one attached hydrogen (secondary N) is 1. The highest BCUT2D eigenvalue weighted by molar-refractivity contribution is 7.99. The Morgan fingerprint density at radius 1 is 1.56 bits per heavy atom. The topological polar surface area (TPSA) is 55.1 Å². The molecule has 5 heteroatoms. The molecule has 0 saturated heterocycles. The molecule has 1 aromatic rings. The van der Waals surface area contributed by atoms with Gasteiger partial charge in [-0.25, -0.2) is 4.39 Å². The molecule has 1 unspecified atom stereocenters. The van der Waals surface area contributed by atoms with Crippen molar-refractivity contribution in [3.05, 3.63) is 29.6 Å². The van der Waals surface area contributed by atoms with Gasteiger partial charge in [0.2, 0.25) is 5.91 Å². The summed E-state index contributed by atoms with van der Waals surface area (Å²) >= 11 is 1.52. The van der Waals surface area contributed by atoms with Gasteiger partial charge in [0.25, 0.3) is 0 Å². The van der Waals surface area contributed by atoms with Gasteiger partial charge in [-0.1, -0.05) is 12.1 Å². The molecular formula is C13H17FN2OS. The summed E-state index contributed by atoms with van der Waals surface area (Å²) in [7, 11) is 0. The monoisotopic (exact) mass is 268 g/mol. The van der Waals surface area contributed by atoms with E-state index in [2.05, 4.69) is 5.32 Å². The number of amides is 1. The van der Waals surface area contributed by atoms with E-state index < -0.39 is 0 Å². The van der Waals surface area contributed by atoms with Crippen molar-refractivity contribution < 1.29 is 9.18 Å². The molecule has 0 spiro atoms. The van der Waals surface area contributed by atoms with Crippen molar-refractivity contribution in [2.75, 3.05) is 12.3 Å². The van der Waals surface area contributed by atoms with Crippen molar-refractivity contribution in [3.63, 3.8) is 0 Å². The zero-order valence-corrected chi connectivity index (χ0v) is 10.9. The van der Waals surface area contributed by atoms with Crippen molar-refractivity contribution in [1.29, 1.82) is 0 Å². The summed E-state index contributed by atoms with van der Waals surface area (Å²) in [5.41, 5.74) is 6.27. The molecule has 0 aliphatic carbocycles. The standard InChI is InChI=1S/C13H17FN2OS/c14-10-4-1-3-9-11(6-8-18-13(9)10)16-12(17)5-2-7-15/h1,3-4,11H,2,5-8,15H2,(H,16,17). The van der Waals surface area contributed by atoms with Gasteiger partial charge >= 0.3 is 0 Å². The van der Waals surface area contributed by atoms with Gasteiger partial charge in [0.1, 0.15) is 5.82 Å². The third-order valence-electron chi connectivity index (χ3n) is 2.97. The smallest absolute Gasteiger partial charge is 0.220 e. The molecule has 0 fully saturated rings. The van der Waals surface area contributed by atoms with Crippen LogP contribution >= 0.6 is 11.8 Å². The number of hydrogen-bond acceptors (Lipinski definition) is 3. The second-order valence-corrected chi connectivity index (χ2v) is 5.41. The molecule has 18 heavy (non-hydrogen) atoms. The number of halogens is 1. The summed E-state index contributed by atoms with van der Waals surface area (Å²) in [6.07, 6.45) is 1.96. The van der Waals surface area contributed by atoms with Crippen molar-refractivity contribution >= 4 is 17.7 Å². The van der Waals surface area contributed by atoms with Crippen molar-refractivity contribution in [3.8, 4) is 0 Å². The highest BCUT2D eigenvalue weighted by Crippen LogP contribution is 2.37. The van der Waals surface area contributed by atoms with Crippen molar-refractivity contribution in [2.24, 2.45) is 5.73 Å². The molecule has 0 aromatic heterocycles. The molecule has 2 rings (SSSR count). The first-order valence-electron chi connectivity index (χ1n) is 6.13. The third-order valence-corrected chi connectivity index (χ3v) is 4.13. The van der Waals surface area contributed by atoms with Gasteiger partial charge in [0.05, 0.1) is 6.04 Å². The lowest BCUT2D eigenvalue weighted by Crippen LogP contribution is -2.31. The fourth-order valence-corrected chi connectivity index (χ4v) is 3.21. The molecule has 98 valence electrons. The average molecular weight is 268 g/mol. The first-order chi connectivity index (χ1) is 8.72. The second kappa shape index (κ2) is 6.20. The number of rotatable bonds is 4. The average Bonchev–Trinajstić information content (AvgIpc) is 2.38. The Labute approximate surface area is 110 Å². The fourth-order valence-electron chi connectivity index (χ4n) is 2.07. The van der Waals surface area contributed by atoms with Gasteiger partial charge in [-0.2, -0.15) is 0 Å². The van der Waals surface area contributed by atoms with E-state index in [0.29, 0.717) is 24.3 Å². The minimum absolute atomic E-state index is 0.00689. The number of nitrogens with two attached hydrogens (primary N) is 1. The number of thioether (sulfide) groups is 1. The molecule has 1 amide bonds. The Balaban J connectivity index is 2.08. The molecule has 1 heterocycles. The van der Waals surface area contributed by atoms with Crippen LogP contribution in [-0.2, 0) is 4.79 Å². The van der Waals surface area contributed by atoms with Crippen LogP contribution in [0.25, 0.3) is 0 Å².